The Hall–Kier alpha value is -4.95. The first-order valence-electron chi connectivity index (χ1n) is 14.9. The molecule has 5 rings (SSSR count). The molecule has 0 saturated heterocycles. The zero-order valence-corrected chi connectivity index (χ0v) is 24.4. The Labute approximate surface area is 257 Å². The minimum Gasteiger partial charge on any atom is -0.494 e. The van der Waals surface area contributed by atoms with Crippen LogP contribution in [-0.4, -0.2) is 48.1 Å². The second-order valence-corrected chi connectivity index (χ2v) is 10.8. The van der Waals surface area contributed by atoms with Crippen LogP contribution in [0.1, 0.15) is 45.5 Å². The topological polar surface area (TPSA) is 114 Å². The number of anilines is 1. The number of para-hydroxylation sites is 2. The third-order valence-electron chi connectivity index (χ3n) is 7.48. The molecule has 4 aromatic carbocycles. The predicted octanol–water partition coefficient (Wildman–Crippen LogP) is 6.03. The first-order valence-corrected chi connectivity index (χ1v) is 14.9. The van der Waals surface area contributed by atoms with E-state index in [0.29, 0.717) is 36.1 Å². The van der Waals surface area contributed by atoms with Crippen LogP contribution in [0, 0.1) is 5.92 Å². The number of nitrogens with one attached hydrogen (secondary N) is 2. The van der Waals surface area contributed by atoms with Gasteiger partial charge in [0.1, 0.15) is 11.8 Å². The third-order valence-corrected chi connectivity index (χ3v) is 7.48. The molecule has 4 aromatic rings. The summed E-state index contributed by atoms with van der Waals surface area (Å²) in [6, 6.07) is 31.0. The van der Waals surface area contributed by atoms with E-state index in [2.05, 4.69) is 10.6 Å². The molecule has 0 heterocycles. The summed E-state index contributed by atoms with van der Waals surface area (Å²) in [6.07, 6.45) is 3.10. The van der Waals surface area contributed by atoms with Crippen molar-refractivity contribution in [3.05, 3.63) is 126 Å². The Morgan fingerprint density at radius 1 is 0.795 bits per heavy atom. The maximum atomic E-state index is 12.9. The van der Waals surface area contributed by atoms with Crippen LogP contribution in [-0.2, 0) is 11.2 Å². The third kappa shape index (κ3) is 8.55. The van der Waals surface area contributed by atoms with Crippen LogP contribution in [0.25, 0.3) is 0 Å². The molecule has 0 spiro atoms. The Bertz CT molecular complexity index is 1540. The molecule has 2 atom stereocenters. The molecule has 44 heavy (non-hydrogen) atoms. The molecule has 0 amide bonds. The number of Topliss-reactive ketones (excluding diaryl/α,β-unsaturated/α-hetero) is 1. The van der Waals surface area contributed by atoms with Gasteiger partial charge in [0.05, 0.1) is 23.9 Å². The lowest BCUT2D eigenvalue weighted by Gasteiger charge is -2.18. The van der Waals surface area contributed by atoms with Crippen molar-refractivity contribution in [1.29, 1.82) is 0 Å². The maximum Gasteiger partial charge on any atom is 0.343 e. The minimum atomic E-state index is -1.03. The molecule has 8 heteroatoms. The molecule has 1 aliphatic rings. The summed E-state index contributed by atoms with van der Waals surface area (Å²) >= 11 is 0. The highest BCUT2D eigenvalue weighted by atomic mass is 16.5. The van der Waals surface area contributed by atoms with Gasteiger partial charge >= 0.3 is 11.9 Å². The summed E-state index contributed by atoms with van der Waals surface area (Å²) in [4.78, 5) is 37.6. The number of rotatable bonds is 16. The number of ketones is 1. The molecule has 1 fully saturated rings. The van der Waals surface area contributed by atoms with Gasteiger partial charge in [-0.05, 0) is 73.7 Å². The highest BCUT2D eigenvalue weighted by Gasteiger charge is 2.36. The van der Waals surface area contributed by atoms with Crippen molar-refractivity contribution in [2.75, 3.05) is 18.5 Å². The van der Waals surface area contributed by atoms with E-state index in [4.69, 9.17) is 9.47 Å². The van der Waals surface area contributed by atoms with Crippen molar-refractivity contribution < 1.29 is 29.0 Å². The number of carboxylic acids is 1. The van der Waals surface area contributed by atoms with Crippen molar-refractivity contribution in [2.24, 2.45) is 5.92 Å². The summed E-state index contributed by atoms with van der Waals surface area (Å²) in [6.45, 7) is 1.16. The Kier molecular flexibility index (Phi) is 10.4. The number of carboxylic acid groups (broad SMARTS) is 1. The van der Waals surface area contributed by atoms with Gasteiger partial charge in [0.25, 0.3) is 0 Å². The number of hydrogen-bond donors (Lipinski definition) is 3. The summed E-state index contributed by atoms with van der Waals surface area (Å²) in [5.74, 6) is -0.0723. The smallest absolute Gasteiger partial charge is 0.343 e. The molecular weight excluding hydrogens is 556 g/mol. The molecule has 3 N–H and O–H groups in total. The molecule has 1 saturated carbocycles. The molecule has 0 aliphatic heterocycles. The number of ether oxygens (including phenoxy) is 2. The van der Waals surface area contributed by atoms with Crippen LogP contribution in [0.2, 0.25) is 0 Å². The number of carbonyl (C=O) groups excluding carboxylic acids is 2. The minimum absolute atomic E-state index is 0.149. The molecule has 0 aromatic heterocycles. The lowest BCUT2D eigenvalue weighted by Crippen LogP contribution is -2.39. The second-order valence-electron chi connectivity index (χ2n) is 10.8. The predicted molar refractivity (Wildman–Crippen MR) is 168 cm³/mol. The van der Waals surface area contributed by atoms with E-state index >= 15 is 0 Å². The van der Waals surface area contributed by atoms with E-state index < -0.39 is 18.0 Å². The van der Waals surface area contributed by atoms with Gasteiger partial charge in [-0.1, -0.05) is 72.8 Å². The molecule has 8 nitrogen and oxygen atoms in total. The highest BCUT2D eigenvalue weighted by Crippen LogP contribution is 2.34. The summed E-state index contributed by atoms with van der Waals surface area (Å²) in [7, 11) is 0. The van der Waals surface area contributed by atoms with E-state index in [0.717, 1.165) is 30.4 Å². The van der Waals surface area contributed by atoms with Crippen LogP contribution in [0.3, 0.4) is 0 Å². The number of carbonyl (C=O) groups is 3. The average molecular weight is 593 g/mol. The standard InChI is InChI=1S/C36H36N2O6/c39-34(27-10-3-1-4-11-27)33(26-18-19-26)37-22-9-23-43-29-20-16-25(17-21-29)24-31(35(40)41)38-30-14-7-8-15-32(30)44-36(42)28-12-5-2-6-13-28/h1-8,10-17,20-21,26,31,33,37-38H,9,18-19,22-24H2,(H,40,41). The largest absolute Gasteiger partial charge is 0.494 e. The van der Waals surface area contributed by atoms with E-state index in [9.17, 15) is 19.5 Å². The summed E-state index contributed by atoms with van der Waals surface area (Å²) < 4.78 is 11.5. The van der Waals surface area contributed by atoms with Gasteiger partial charge in [-0.2, -0.15) is 0 Å². The van der Waals surface area contributed by atoms with Crippen LogP contribution >= 0.6 is 0 Å². The summed E-state index contributed by atoms with van der Waals surface area (Å²) in [5.41, 5.74) is 2.36. The fourth-order valence-corrected chi connectivity index (χ4v) is 4.96. The zero-order valence-electron chi connectivity index (χ0n) is 24.4. The van der Waals surface area contributed by atoms with Crippen molar-refractivity contribution in [3.8, 4) is 11.5 Å². The van der Waals surface area contributed by atoms with Gasteiger partial charge in [0.2, 0.25) is 0 Å². The average Bonchev–Trinajstić information content (AvgIpc) is 3.90. The Balaban J connectivity index is 1.10. The lowest BCUT2D eigenvalue weighted by molar-refractivity contribution is -0.137. The molecule has 0 bridgehead atoms. The second kappa shape index (κ2) is 15.0. The van der Waals surface area contributed by atoms with Crippen molar-refractivity contribution >= 4 is 23.4 Å². The van der Waals surface area contributed by atoms with Crippen molar-refractivity contribution in [3.63, 3.8) is 0 Å². The molecular formula is C36H36N2O6. The zero-order chi connectivity index (χ0) is 30.7. The Morgan fingerprint density at radius 3 is 2.09 bits per heavy atom. The Morgan fingerprint density at radius 2 is 1.43 bits per heavy atom. The number of esters is 1. The van der Waals surface area contributed by atoms with E-state index in [1.165, 1.54) is 0 Å². The highest BCUT2D eigenvalue weighted by molar-refractivity contribution is 6.00. The first-order chi connectivity index (χ1) is 21.5. The quantitative estimate of drug-likeness (QED) is 0.0625. The molecule has 1 aliphatic carbocycles. The van der Waals surface area contributed by atoms with Crippen LogP contribution in [0.15, 0.2) is 109 Å². The fraction of sp³-hybridized carbons (Fsp3) is 0.250. The van der Waals surface area contributed by atoms with Gasteiger partial charge < -0.3 is 25.2 Å². The van der Waals surface area contributed by atoms with Gasteiger partial charge in [-0.25, -0.2) is 9.59 Å². The number of benzene rings is 4. The monoisotopic (exact) mass is 592 g/mol. The maximum absolute atomic E-state index is 12.9. The SMILES string of the molecule is O=C(Oc1ccccc1NC(Cc1ccc(OCCCNC(C(=O)c2ccccc2)C2CC2)cc1)C(=O)O)c1ccccc1. The van der Waals surface area contributed by atoms with E-state index in [1.54, 1.807) is 48.5 Å². The summed E-state index contributed by atoms with van der Waals surface area (Å²) in [5, 5.41) is 16.4. The van der Waals surface area contributed by atoms with Crippen molar-refractivity contribution in [2.45, 2.75) is 37.8 Å². The van der Waals surface area contributed by atoms with Gasteiger partial charge in [-0.15, -0.1) is 0 Å². The number of hydrogen-bond acceptors (Lipinski definition) is 7. The first kappa shape index (κ1) is 30.5. The van der Waals surface area contributed by atoms with E-state index in [1.807, 2.05) is 60.7 Å². The van der Waals surface area contributed by atoms with Crippen molar-refractivity contribution in [1.82, 2.24) is 5.32 Å². The molecule has 2 unspecified atom stereocenters. The molecule has 0 radical (unpaired) electrons. The normalized spacial score (nSPS) is 13.8. The van der Waals surface area contributed by atoms with Gasteiger partial charge in [-0.3, -0.25) is 4.79 Å². The van der Waals surface area contributed by atoms with Crippen LogP contribution < -0.4 is 20.1 Å². The van der Waals surface area contributed by atoms with Gasteiger partial charge in [0.15, 0.2) is 11.5 Å². The fourth-order valence-electron chi connectivity index (χ4n) is 4.96. The molecule has 226 valence electrons. The van der Waals surface area contributed by atoms with Crippen LogP contribution in [0.4, 0.5) is 5.69 Å². The lowest BCUT2D eigenvalue weighted by atomic mass is 10.0. The van der Waals surface area contributed by atoms with Crippen LogP contribution in [0.5, 0.6) is 11.5 Å². The van der Waals surface area contributed by atoms with Gasteiger partial charge in [0, 0.05) is 12.0 Å². The number of aliphatic carboxylic acids is 1. The van der Waals surface area contributed by atoms with E-state index in [-0.39, 0.29) is 24.0 Å².